The summed E-state index contributed by atoms with van der Waals surface area (Å²) in [7, 11) is 0. The highest BCUT2D eigenvalue weighted by Crippen LogP contribution is 2.36. The molecule has 2 unspecified atom stereocenters. The van der Waals surface area contributed by atoms with E-state index in [1.807, 2.05) is 0 Å². The Bertz CT molecular complexity index is 348. The molecular weight excluding hydrogens is 200 g/mol. The van der Waals surface area contributed by atoms with Gasteiger partial charge in [-0.15, -0.1) is 5.10 Å². The minimum Gasteiger partial charge on any atom is -0.381 e. The monoisotopic (exact) mass is 222 g/mol. The molecule has 0 saturated heterocycles. The Morgan fingerprint density at radius 3 is 2.44 bits per heavy atom. The highest BCUT2D eigenvalue weighted by molar-refractivity contribution is 5.33. The molecule has 2 rings (SSSR count). The van der Waals surface area contributed by atoms with Gasteiger partial charge in [-0.2, -0.15) is 0 Å². The lowest BCUT2D eigenvalue weighted by Crippen LogP contribution is -2.24. The SMILES string of the molecule is CCc1c(N)nnn1C1CC(C)CC(C)C1. The average molecular weight is 222 g/mol. The maximum atomic E-state index is 5.83. The first-order valence-corrected chi connectivity index (χ1v) is 6.31. The van der Waals surface area contributed by atoms with Gasteiger partial charge in [0.05, 0.1) is 11.7 Å². The fourth-order valence-electron chi connectivity index (χ4n) is 3.07. The smallest absolute Gasteiger partial charge is 0.169 e. The molecule has 0 amide bonds. The van der Waals surface area contributed by atoms with Gasteiger partial charge < -0.3 is 5.73 Å². The van der Waals surface area contributed by atoms with Crippen molar-refractivity contribution in [2.45, 2.75) is 52.5 Å². The molecule has 0 spiro atoms. The molecule has 1 aliphatic rings. The van der Waals surface area contributed by atoms with E-state index in [0.29, 0.717) is 11.9 Å². The molecule has 16 heavy (non-hydrogen) atoms. The number of nitrogen functional groups attached to an aromatic ring is 1. The second kappa shape index (κ2) is 4.44. The third-order valence-corrected chi connectivity index (χ3v) is 3.66. The van der Waals surface area contributed by atoms with Gasteiger partial charge in [0.15, 0.2) is 5.82 Å². The van der Waals surface area contributed by atoms with Crippen molar-refractivity contribution in [3.05, 3.63) is 5.69 Å². The number of nitrogens with two attached hydrogens (primary N) is 1. The summed E-state index contributed by atoms with van der Waals surface area (Å²) in [5.41, 5.74) is 6.94. The van der Waals surface area contributed by atoms with E-state index in [9.17, 15) is 0 Å². The summed E-state index contributed by atoms with van der Waals surface area (Å²) in [4.78, 5) is 0. The highest BCUT2D eigenvalue weighted by atomic mass is 15.5. The van der Waals surface area contributed by atoms with E-state index < -0.39 is 0 Å². The van der Waals surface area contributed by atoms with E-state index in [4.69, 9.17) is 5.73 Å². The molecule has 1 saturated carbocycles. The van der Waals surface area contributed by atoms with E-state index in [-0.39, 0.29) is 0 Å². The number of hydrogen-bond acceptors (Lipinski definition) is 3. The van der Waals surface area contributed by atoms with Crippen molar-refractivity contribution in [1.29, 1.82) is 0 Å². The number of rotatable bonds is 2. The molecular formula is C12H22N4. The largest absolute Gasteiger partial charge is 0.381 e. The Kier molecular flexibility index (Phi) is 3.17. The molecule has 1 aromatic heterocycles. The normalized spacial score (nSPS) is 30.6. The highest BCUT2D eigenvalue weighted by Gasteiger charge is 2.27. The van der Waals surface area contributed by atoms with Crippen LogP contribution in [0.25, 0.3) is 0 Å². The molecule has 2 N–H and O–H groups in total. The molecule has 4 nitrogen and oxygen atoms in total. The van der Waals surface area contributed by atoms with Crippen molar-refractivity contribution in [1.82, 2.24) is 15.0 Å². The maximum Gasteiger partial charge on any atom is 0.169 e. The van der Waals surface area contributed by atoms with Crippen LogP contribution in [0.5, 0.6) is 0 Å². The summed E-state index contributed by atoms with van der Waals surface area (Å²) in [5, 5.41) is 8.22. The lowest BCUT2D eigenvalue weighted by Gasteiger charge is -2.32. The molecule has 1 fully saturated rings. The number of hydrogen-bond donors (Lipinski definition) is 1. The second-order valence-corrected chi connectivity index (χ2v) is 5.29. The predicted molar refractivity (Wildman–Crippen MR) is 65.0 cm³/mol. The van der Waals surface area contributed by atoms with Crippen LogP contribution >= 0.6 is 0 Å². The van der Waals surface area contributed by atoms with Gasteiger partial charge in [-0.1, -0.05) is 26.0 Å². The summed E-state index contributed by atoms with van der Waals surface area (Å²) in [6, 6.07) is 0.499. The molecule has 1 aliphatic carbocycles. The van der Waals surface area contributed by atoms with Crippen LogP contribution in [0.15, 0.2) is 0 Å². The van der Waals surface area contributed by atoms with Gasteiger partial charge in [0, 0.05) is 0 Å². The van der Waals surface area contributed by atoms with Gasteiger partial charge in [-0.25, -0.2) is 4.68 Å². The summed E-state index contributed by atoms with van der Waals surface area (Å²) in [6.45, 7) is 6.77. The van der Waals surface area contributed by atoms with E-state index in [1.165, 1.54) is 19.3 Å². The second-order valence-electron chi connectivity index (χ2n) is 5.29. The topological polar surface area (TPSA) is 56.7 Å². The molecule has 90 valence electrons. The first-order chi connectivity index (χ1) is 7.61. The van der Waals surface area contributed by atoms with Gasteiger partial charge in [0.25, 0.3) is 0 Å². The fourth-order valence-corrected chi connectivity index (χ4v) is 3.07. The molecule has 1 heterocycles. The zero-order valence-corrected chi connectivity index (χ0v) is 10.5. The zero-order chi connectivity index (χ0) is 11.7. The van der Waals surface area contributed by atoms with E-state index in [0.717, 1.165) is 24.0 Å². The first-order valence-electron chi connectivity index (χ1n) is 6.31. The summed E-state index contributed by atoms with van der Waals surface area (Å²) in [6.07, 6.45) is 4.67. The molecule has 2 atom stereocenters. The zero-order valence-electron chi connectivity index (χ0n) is 10.5. The molecule has 4 heteroatoms. The Morgan fingerprint density at radius 2 is 1.88 bits per heavy atom. The van der Waals surface area contributed by atoms with Gasteiger partial charge in [0.2, 0.25) is 0 Å². The van der Waals surface area contributed by atoms with Crippen LogP contribution in [0.3, 0.4) is 0 Å². The lowest BCUT2D eigenvalue weighted by molar-refractivity contribution is 0.205. The quantitative estimate of drug-likeness (QED) is 0.836. The number of anilines is 1. The van der Waals surface area contributed by atoms with E-state index >= 15 is 0 Å². The van der Waals surface area contributed by atoms with Crippen LogP contribution in [0.4, 0.5) is 5.82 Å². The van der Waals surface area contributed by atoms with Gasteiger partial charge in [-0.3, -0.25) is 0 Å². The van der Waals surface area contributed by atoms with Crippen LogP contribution in [0.2, 0.25) is 0 Å². The summed E-state index contributed by atoms with van der Waals surface area (Å²) in [5.74, 6) is 2.17. The maximum absolute atomic E-state index is 5.83. The first kappa shape index (κ1) is 11.4. The minimum absolute atomic E-state index is 0.499. The van der Waals surface area contributed by atoms with Crippen LogP contribution in [0.1, 0.15) is 51.8 Å². The van der Waals surface area contributed by atoms with E-state index in [2.05, 4.69) is 35.8 Å². The Balaban J connectivity index is 2.22. The summed E-state index contributed by atoms with van der Waals surface area (Å²) < 4.78 is 2.07. The van der Waals surface area contributed by atoms with Crippen LogP contribution < -0.4 is 5.73 Å². The Morgan fingerprint density at radius 1 is 1.25 bits per heavy atom. The molecule has 0 aromatic carbocycles. The third-order valence-electron chi connectivity index (χ3n) is 3.66. The fraction of sp³-hybridized carbons (Fsp3) is 0.833. The number of aromatic nitrogens is 3. The predicted octanol–water partition coefficient (Wildman–Crippen LogP) is 2.42. The lowest BCUT2D eigenvalue weighted by atomic mass is 9.80. The molecule has 0 radical (unpaired) electrons. The number of nitrogens with zero attached hydrogens (tertiary/aromatic N) is 3. The Hall–Kier alpha value is -1.06. The van der Waals surface area contributed by atoms with Gasteiger partial charge >= 0.3 is 0 Å². The standard InChI is InChI=1S/C12H22N4/c1-4-11-12(13)14-15-16(11)10-6-8(2)5-9(3)7-10/h8-10H,4-7,13H2,1-3H3. The van der Waals surface area contributed by atoms with Gasteiger partial charge in [0.1, 0.15) is 0 Å². The molecule has 0 bridgehead atoms. The van der Waals surface area contributed by atoms with Crippen molar-refractivity contribution >= 4 is 5.82 Å². The van der Waals surface area contributed by atoms with Crippen molar-refractivity contribution in [2.75, 3.05) is 5.73 Å². The van der Waals surface area contributed by atoms with Crippen molar-refractivity contribution in [2.24, 2.45) is 11.8 Å². The molecule has 0 aliphatic heterocycles. The van der Waals surface area contributed by atoms with Crippen molar-refractivity contribution < 1.29 is 0 Å². The average Bonchev–Trinajstić information content (AvgIpc) is 2.58. The van der Waals surface area contributed by atoms with Crippen LogP contribution in [-0.4, -0.2) is 15.0 Å². The van der Waals surface area contributed by atoms with Crippen molar-refractivity contribution in [3.63, 3.8) is 0 Å². The summed E-state index contributed by atoms with van der Waals surface area (Å²) >= 11 is 0. The minimum atomic E-state index is 0.499. The van der Waals surface area contributed by atoms with Crippen molar-refractivity contribution in [3.8, 4) is 0 Å². The Labute approximate surface area is 97.2 Å². The van der Waals surface area contributed by atoms with Crippen LogP contribution in [-0.2, 0) is 6.42 Å². The van der Waals surface area contributed by atoms with Crippen LogP contribution in [0, 0.1) is 11.8 Å². The molecule has 1 aromatic rings. The van der Waals surface area contributed by atoms with Gasteiger partial charge in [-0.05, 0) is 37.5 Å². The van der Waals surface area contributed by atoms with E-state index in [1.54, 1.807) is 0 Å². The third kappa shape index (κ3) is 2.06.